The van der Waals surface area contributed by atoms with Gasteiger partial charge in [-0.1, -0.05) is 15.9 Å². The molecule has 3 aromatic rings. The number of aromatic nitrogens is 2. The summed E-state index contributed by atoms with van der Waals surface area (Å²) in [5.41, 5.74) is 3.69. The fourth-order valence-corrected chi connectivity index (χ4v) is 3.01. The number of benzene rings is 2. The molecule has 21 heavy (non-hydrogen) atoms. The van der Waals surface area contributed by atoms with Crippen LogP contribution in [-0.2, 0) is 6.42 Å². The average molecular weight is 368 g/mol. The Morgan fingerprint density at radius 2 is 2.05 bits per heavy atom. The molecule has 2 aromatic carbocycles. The Balaban J connectivity index is 2.30. The van der Waals surface area contributed by atoms with E-state index in [4.69, 9.17) is 11.6 Å². The van der Waals surface area contributed by atoms with Crippen molar-refractivity contribution in [3.05, 3.63) is 58.1 Å². The molecule has 0 spiro atoms. The summed E-state index contributed by atoms with van der Waals surface area (Å²) in [6.07, 6.45) is 0.657. The molecule has 5 heteroatoms. The largest absolute Gasteiger partial charge is 0.296 e. The number of nitrogens with zero attached hydrogens (tertiary/aromatic N) is 2. The van der Waals surface area contributed by atoms with Crippen molar-refractivity contribution in [3.8, 4) is 5.69 Å². The second-order valence-electron chi connectivity index (χ2n) is 4.87. The summed E-state index contributed by atoms with van der Waals surface area (Å²) in [7, 11) is 0. The molecule has 0 fully saturated rings. The van der Waals surface area contributed by atoms with Crippen LogP contribution in [0.3, 0.4) is 0 Å². The molecule has 0 amide bonds. The van der Waals surface area contributed by atoms with Crippen molar-refractivity contribution in [2.24, 2.45) is 0 Å². The van der Waals surface area contributed by atoms with Crippen LogP contribution >= 0.6 is 27.5 Å². The van der Waals surface area contributed by atoms with Gasteiger partial charge in [-0.15, -0.1) is 11.6 Å². The van der Waals surface area contributed by atoms with Crippen molar-refractivity contribution in [2.75, 3.05) is 5.88 Å². The maximum atomic E-state index is 13.4. The van der Waals surface area contributed by atoms with Crippen molar-refractivity contribution in [1.82, 2.24) is 9.55 Å². The lowest BCUT2D eigenvalue weighted by molar-refractivity contribution is 0.626. The van der Waals surface area contributed by atoms with Crippen LogP contribution in [0.15, 0.2) is 40.9 Å². The molecule has 0 saturated heterocycles. The van der Waals surface area contributed by atoms with E-state index in [1.54, 1.807) is 6.07 Å². The zero-order valence-electron chi connectivity index (χ0n) is 11.4. The molecular formula is C16H13BrClFN2. The van der Waals surface area contributed by atoms with E-state index >= 15 is 0 Å². The van der Waals surface area contributed by atoms with E-state index in [1.807, 2.05) is 25.1 Å². The van der Waals surface area contributed by atoms with E-state index in [0.717, 1.165) is 32.6 Å². The number of aryl methyl sites for hydroxylation is 2. The van der Waals surface area contributed by atoms with Crippen LogP contribution < -0.4 is 0 Å². The van der Waals surface area contributed by atoms with Crippen molar-refractivity contribution < 1.29 is 4.39 Å². The van der Waals surface area contributed by atoms with Crippen LogP contribution in [0.5, 0.6) is 0 Å². The fraction of sp³-hybridized carbons (Fsp3) is 0.188. The molecule has 0 saturated carbocycles. The van der Waals surface area contributed by atoms with Gasteiger partial charge in [0.1, 0.15) is 11.6 Å². The Morgan fingerprint density at radius 3 is 2.76 bits per heavy atom. The summed E-state index contributed by atoms with van der Waals surface area (Å²) in [6, 6.07) is 10.7. The van der Waals surface area contributed by atoms with Gasteiger partial charge in [0.05, 0.1) is 16.7 Å². The number of hydrogen-bond acceptors (Lipinski definition) is 1. The molecule has 2 nitrogen and oxygen atoms in total. The first kappa shape index (κ1) is 14.5. The maximum absolute atomic E-state index is 13.4. The minimum Gasteiger partial charge on any atom is -0.296 e. The molecule has 0 aliphatic heterocycles. The highest BCUT2D eigenvalue weighted by Gasteiger charge is 2.14. The summed E-state index contributed by atoms with van der Waals surface area (Å²) in [5.74, 6) is 1.14. The second kappa shape index (κ2) is 5.78. The number of fused-ring (bicyclic) bond motifs is 1. The molecule has 0 unspecified atom stereocenters. The Morgan fingerprint density at radius 1 is 1.24 bits per heavy atom. The molecule has 108 valence electrons. The summed E-state index contributed by atoms with van der Waals surface area (Å²) >= 11 is 9.36. The normalized spacial score (nSPS) is 11.2. The van der Waals surface area contributed by atoms with Crippen LogP contribution in [0.25, 0.3) is 16.7 Å². The average Bonchev–Trinajstić information content (AvgIpc) is 2.76. The lowest BCUT2D eigenvalue weighted by atomic mass is 10.2. The third kappa shape index (κ3) is 2.70. The monoisotopic (exact) mass is 366 g/mol. The quantitative estimate of drug-likeness (QED) is 0.595. The van der Waals surface area contributed by atoms with Crippen LogP contribution in [0.4, 0.5) is 4.39 Å². The Hall–Kier alpha value is -1.39. The Bertz CT molecular complexity index is 813. The maximum Gasteiger partial charge on any atom is 0.123 e. The molecule has 1 heterocycles. The molecule has 1 aromatic heterocycles. The summed E-state index contributed by atoms with van der Waals surface area (Å²) in [4.78, 5) is 4.66. The van der Waals surface area contributed by atoms with E-state index in [9.17, 15) is 4.39 Å². The van der Waals surface area contributed by atoms with Gasteiger partial charge in [-0.2, -0.15) is 0 Å². The Labute approximate surface area is 135 Å². The first-order chi connectivity index (χ1) is 10.1. The molecule has 3 rings (SSSR count). The SMILES string of the molecule is Cc1cc(F)ccc1-n1c(CCCl)nc2cc(Br)ccc21. The number of alkyl halides is 1. The molecule has 0 aliphatic rings. The predicted octanol–water partition coefficient (Wildman–Crippen LogP) is 5.02. The van der Waals surface area contributed by atoms with Gasteiger partial charge in [0.25, 0.3) is 0 Å². The number of imidazole rings is 1. The van der Waals surface area contributed by atoms with E-state index in [2.05, 4.69) is 25.5 Å². The summed E-state index contributed by atoms with van der Waals surface area (Å²) in [5, 5.41) is 0. The van der Waals surface area contributed by atoms with Crippen molar-refractivity contribution >= 4 is 38.6 Å². The van der Waals surface area contributed by atoms with Crippen LogP contribution in [-0.4, -0.2) is 15.4 Å². The third-order valence-corrected chi connectivity index (χ3v) is 4.09. The lowest BCUT2D eigenvalue weighted by Crippen LogP contribution is -2.04. The number of halogens is 3. The van der Waals surface area contributed by atoms with Gasteiger partial charge in [0, 0.05) is 16.8 Å². The topological polar surface area (TPSA) is 17.8 Å². The van der Waals surface area contributed by atoms with Gasteiger partial charge in [-0.05, 0) is 48.9 Å². The van der Waals surface area contributed by atoms with E-state index in [0.29, 0.717) is 12.3 Å². The first-order valence-electron chi connectivity index (χ1n) is 6.59. The minimum atomic E-state index is -0.234. The highest BCUT2D eigenvalue weighted by atomic mass is 79.9. The first-order valence-corrected chi connectivity index (χ1v) is 7.92. The molecule has 0 radical (unpaired) electrons. The van der Waals surface area contributed by atoms with Crippen LogP contribution in [0.1, 0.15) is 11.4 Å². The van der Waals surface area contributed by atoms with Gasteiger partial charge < -0.3 is 0 Å². The molecule has 0 aliphatic carbocycles. The molecule has 0 N–H and O–H groups in total. The highest BCUT2D eigenvalue weighted by Crippen LogP contribution is 2.27. The minimum absolute atomic E-state index is 0.234. The number of rotatable bonds is 3. The predicted molar refractivity (Wildman–Crippen MR) is 87.9 cm³/mol. The summed E-state index contributed by atoms with van der Waals surface area (Å²) in [6.45, 7) is 1.90. The van der Waals surface area contributed by atoms with Crippen molar-refractivity contribution in [3.63, 3.8) is 0 Å². The van der Waals surface area contributed by atoms with Gasteiger partial charge in [0.2, 0.25) is 0 Å². The highest BCUT2D eigenvalue weighted by molar-refractivity contribution is 9.10. The smallest absolute Gasteiger partial charge is 0.123 e. The number of hydrogen-bond donors (Lipinski definition) is 0. The molecule has 0 bridgehead atoms. The van der Waals surface area contributed by atoms with Gasteiger partial charge >= 0.3 is 0 Å². The van der Waals surface area contributed by atoms with Crippen LogP contribution in [0.2, 0.25) is 0 Å². The van der Waals surface area contributed by atoms with Crippen LogP contribution in [0, 0.1) is 12.7 Å². The van der Waals surface area contributed by atoms with Crippen molar-refractivity contribution in [2.45, 2.75) is 13.3 Å². The fourth-order valence-electron chi connectivity index (χ4n) is 2.49. The standard InChI is InChI=1S/C16H13BrClFN2/c1-10-8-12(19)3-5-14(10)21-15-4-2-11(17)9-13(15)20-16(21)6-7-18/h2-5,8-9H,6-7H2,1H3. The van der Waals surface area contributed by atoms with Crippen molar-refractivity contribution in [1.29, 1.82) is 0 Å². The second-order valence-corrected chi connectivity index (χ2v) is 6.16. The summed E-state index contributed by atoms with van der Waals surface area (Å²) < 4.78 is 16.4. The zero-order chi connectivity index (χ0) is 15.0. The van der Waals surface area contributed by atoms with E-state index in [1.165, 1.54) is 12.1 Å². The van der Waals surface area contributed by atoms with E-state index < -0.39 is 0 Å². The van der Waals surface area contributed by atoms with Gasteiger partial charge in [-0.25, -0.2) is 9.37 Å². The van der Waals surface area contributed by atoms with E-state index in [-0.39, 0.29) is 5.82 Å². The zero-order valence-corrected chi connectivity index (χ0v) is 13.7. The van der Waals surface area contributed by atoms with Gasteiger partial charge in [-0.3, -0.25) is 4.57 Å². The molecular weight excluding hydrogens is 355 g/mol. The Kier molecular flexibility index (Phi) is 4.00. The molecule has 0 atom stereocenters. The lowest BCUT2D eigenvalue weighted by Gasteiger charge is -2.11. The van der Waals surface area contributed by atoms with Gasteiger partial charge in [0.15, 0.2) is 0 Å². The third-order valence-electron chi connectivity index (χ3n) is 3.40.